The molecule has 0 aliphatic carbocycles. The Kier molecular flexibility index (Phi) is 6.16. The first-order chi connectivity index (χ1) is 11.4. The molecule has 0 fully saturated rings. The highest BCUT2D eigenvalue weighted by Gasteiger charge is 2.12. The van der Waals surface area contributed by atoms with E-state index in [1.165, 1.54) is 6.07 Å². The summed E-state index contributed by atoms with van der Waals surface area (Å²) in [5.41, 5.74) is 6.24. The second kappa shape index (κ2) is 8.12. The molecule has 1 amide bonds. The highest BCUT2D eigenvalue weighted by molar-refractivity contribution is 6.31. The van der Waals surface area contributed by atoms with Gasteiger partial charge in [0.2, 0.25) is 5.88 Å². The molecular formula is C15H17Cl2N5O2. The second-order valence-electron chi connectivity index (χ2n) is 5.48. The number of hydrogen-bond acceptors (Lipinski definition) is 6. The molecule has 2 aromatic heterocycles. The zero-order valence-electron chi connectivity index (χ0n) is 13.2. The Labute approximate surface area is 149 Å². The van der Waals surface area contributed by atoms with Crippen LogP contribution >= 0.6 is 23.2 Å². The fourth-order valence-electron chi connectivity index (χ4n) is 1.79. The van der Waals surface area contributed by atoms with Gasteiger partial charge in [0.05, 0.1) is 12.2 Å². The van der Waals surface area contributed by atoms with Gasteiger partial charge in [-0.25, -0.2) is 4.98 Å². The van der Waals surface area contributed by atoms with E-state index in [-0.39, 0.29) is 16.5 Å². The third-order valence-electron chi connectivity index (χ3n) is 2.91. The highest BCUT2D eigenvalue weighted by Crippen LogP contribution is 2.23. The first kappa shape index (κ1) is 18.2. The van der Waals surface area contributed by atoms with Gasteiger partial charge in [-0.15, -0.1) is 10.2 Å². The number of halogens is 2. The highest BCUT2D eigenvalue weighted by atomic mass is 35.5. The number of carbonyl (C=O) groups excluding carboxylic acids is 1. The summed E-state index contributed by atoms with van der Waals surface area (Å²) in [7, 11) is 0. The van der Waals surface area contributed by atoms with Crippen LogP contribution in [-0.2, 0) is 6.54 Å². The summed E-state index contributed by atoms with van der Waals surface area (Å²) in [6, 6.07) is 3.08. The molecule has 0 saturated heterocycles. The van der Waals surface area contributed by atoms with Crippen LogP contribution in [0.15, 0.2) is 18.3 Å². The van der Waals surface area contributed by atoms with Gasteiger partial charge in [-0.05, 0) is 23.6 Å². The normalized spacial score (nSPS) is 10.7. The molecule has 2 heterocycles. The van der Waals surface area contributed by atoms with Crippen molar-refractivity contribution < 1.29 is 9.53 Å². The summed E-state index contributed by atoms with van der Waals surface area (Å²) >= 11 is 11.9. The van der Waals surface area contributed by atoms with Gasteiger partial charge >= 0.3 is 0 Å². The van der Waals surface area contributed by atoms with Crippen molar-refractivity contribution in [3.05, 3.63) is 39.6 Å². The topological polar surface area (TPSA) is 103 Å². The van der Waals surface area contributed by atoms with Crippen LogP contribution in [0.1, 0.15) is 29.8 Å². The monoisotopic (exact) mass is 369 g/mol. The van der Waals surface area contributed by atoms with E-state index in [0.29, 0.717) is 30.0 Å². The first-order valence-electron chi connectivity index (χ1n) is 7.21. The van der Waals surface area contributed by atoms with E-state index in [0.717, 1.165) is 5.56 Å². The molecule has 7 nitrogen and oxygen atoms in total. The van der Waals surface area contributed by atoms with E-state index < -0.39 is 5.91 Å². The van der Waals surface area contributed by atoms with Crippen molar-refractivity contribution in [2.24, 2.45) is 11.7 Å². The van der Waals surface area contributed by atoms with Crippen molar-refractivity contribution in [3.8, 4) is 5.88 Å². The molecule has 0 bridgehead atoms. The summed E-state index contributed by atoms with van der Waals surface area (Å²) in [6.07, 6.45) is 1.63. The Bertz CT molecular complexity index is 740. The van der Waals surface area contributed by atoms with E-state index in [4.69, 9.17) is 33.7 Å². The number of aromatic nitrogens is 3. The predicted molar refractivity (Wildman–Crippen MR) is 92.5 cm³/mol. The number of hydrogen-bond donors (Lipinski definition) is 2. The second-order valence-corrected chi connectivity index (χ2v) is 6.28. The quantitative estimate of drug-likeness (QED) is 0.777. The standard InChI is InChI=1S/C15H17Cl2N5O2/c1-8(2)7-24-15-11(16)3-9(6-20-15)5-19-14-10(13(18)23)4-12(17)21-22-14/h3-4,6,8H,5,7H2,1-2H3,(H2,18,23)(H,19,22). The molecule has 128 valence electrons. The zero-order chi connectivity index (χ0) is 17.7. The maximum Gasteiger partial charge on any atom is 0.252 e. The molecule has 0 atom stereocenters. The molecule has 9 heteroatoms. The molecule has 24 heavy (non-hydrogen) atoms. The van der Waals surface area contributed by atoms with Crippen LogP contribution in [0.3, 0.4) is 0 Å². The average Bonchev–Trinajstić information content (AvgIpc) is 2.52. The largest absolute Gasteiger partial charge is 0.476 e. The smallest absolute Gasteiger partial charge is 0.252 e. The minimum Gasteiger partial charge on any atom is -0.476 e. The number of ether oxygens (including phenoxy) is 1. The Morgan fingerprint density at radius 2 is 2.08 bits per heavy atom. The van der Waals surface area contributed by atoms with E-state index >= 15 is 0 Å². The lowest BCUT2D eigenvalue weighted by atomic mass is 10.2. The minimum absolute atomic E-state index is 0.0886. The van der Waals surface area contributed by atoms with Crippen molar-refractivity contribution in [2.45, 2.75) is 20.4 Å². The van der Waals surface area contributed by atoms with Gasteiger partial charge < -0.3 is 15.8 Å². The number of nitrogens with two attached hydrogens (primary N) is 1. The van der Waals surface area contributed by atoms with Crippen LogP contribution in [0.25, 0.3) is 0 Å². The predicted octanol–water partition coefficient (Wildman–Crippen LogP) is 2.92. The lowest BCUT2D eigenvalue weighted by Gasteiger charge is -2.11. The summed E-state index contributed by atoms with van der Waals surface area (Å²) < 4.78 is 5.52. The molecule has 0 saturated carbocycles. The Hall–Kier alpha value is -2.12. The van der Waals surface area contributed by atoms with Gasteiger partial charge in [-0.3, -0.25) is 4.79 Å². The molecule has 0 radical (unpaired) electrons. The van der Waals surface area contributed by atoms with Crippen molar-refractivity contribution >= 4 is 34.9 Å². The molecule has 0 unspecified atom stereocenters. The van der Waals surface area contributed by atoms with Crippen molar-refractivity contribution in [1.29, 1.82) is 0 Å². The average molecular weight is 370 g/mol. The summed E-state index contributed by atoms with van der Waals surface area (Å²) in [4.78, 5) is 15.6. The van der Waals surface area contributed by atoms with Crippen LogP contribution in [-0.4, -0.2) is 27.7 Å². The molecule has 2 aromatic rings. The van der Waals surface area contributed by atoms with E-state index in [1.54, 1.807) is 12.3 Å². The van der Waals surface area contributed by atoms with Gasteiger partial charge in [0.25, 0.3) is 5.91 Å². The van der Waals surface area contributed by atoms with Gasteiger partial charge in [0.1, 0.15) is 5.02 Å². The van der Waals surface area contributed by atoms with Crippen LogP contribution in [0.5, 0.6) is 5.88 Å². The maximum absolute atomic E-state index is 11.4. The van der Waals surface area contributed by atoms with Crippen LogP contribution in [0, 0.1) is 5.92 Å². The summed E-state index contributed by atoms with van der Waals surface area (Å²) in [6.45, 7) is 4.94. The SMILES string of the molecule is CC(C)COc1ncc(CNc2nnc(Cl)cc2C(N)=O)cc1Cl. The Morgan fingerprint density at radius 3 is 2.71 bits per heavy atom. The lowest BCUT2D eigenvalue weighted by molar-refractivity contribution is 0.100. The zero-order valence-corrected chi connectivity index (χ0v) is 14.7. The molecule has 0 aliphatic heterocycles. The van der Waals surface area contributed by atoms with E-state index in [1.807, 2.05) is 13.8 Å². The van der Waals surface area contributed by atoms with E-state index in [9.17, 15) is 4.79 Å². The maximum atomic E-state index is 11.4. The number of amides is 1. The van der Waals surface area contributed by atoms with Crippen LogP contribution in [0.4, 0.5) is 5.82 Å². The Morgan fingerprint density at radius 1 is 1.33 bits per heavy atom. The molecule has 0 spiro atoms. The Balaban J connectivity index is 2.07. The van der Waals surface area contributed by atoms with Crippen LogP contribution in [0.2, 0.25) is 10.2 Å². The molecule has 0 aromatic carbocycles. The molecular weight excluding hydrogens is 353 g/mol. The molecule has 2 rings (SSSR count). The third kappa shape index (κ3) is 4.94. The number of pyridine rings is 1. The fraction of sp³-hybridized carbons (Fsp3) is 0.333. The summed E-state index contributed by atoms with van der Waals surface area (Å²) in [5.74, 6) is 0.351. The van der Waals surface area contributed by atoms with Gasteiger partial charge in [-0.1, -0.05) is 37.0 Å². The van der Waals surface area contributed by atoms with Crippen LogP contribution < -0.4 is 15.8 Å². The van der Waals surface area contributed by atoms with Gasteiger partial charge in [0, 0.05) is 12.7 Å². The summed E-state index contributed by atoms with van der Waals surface area (Å²) in [5, 5.41) is 11.0. The van der Waals surface area contributed by atoms with E-state index in [2.05, 4.69) is 20.5 Å². The van der Waals surface area contributed by atoms with Crippen molar-refractivity contribution in [3.63, 3.8) is 0 Å². The molecule has 0 aliphatic rings. The molecule has 3 N–H and O–H groups in total. The van der Waals surface area contributed by atoms with Gasteiger partial charge in [-0.2, -0.15) is 0 Å². The number of nitrogens with one attached hydrogen (secondary N) is 1. The number of anilines is 1. The van der Waals surface area contributed by atoms with Gasteiger partial charge in [0.15, 0.2) is 11.0 Å². The van der Waals surface area contributed by atoms with Crippen molar-refractivity contribution in [1.82, 2.24) is 15.2 Å². The number of nitrogens with zero attached hydrogens (tertiary/aromatic N) is 3. The van der Waals surface area contributed by atoms with Crippen molar-refractivity contribution in [2.75, 3.05) is 11.9 Å². The minimum atomic E-state index is -0.650. The number of rotatable bonds is 7. The fourth-order valence-corrected chi connectivity index (χ4v) is 2.18. The third-order valence-corrected chi connectivity index (χ3v) is 3.36. The number of carbonyl (C=O) groups is 1. The lowest BCUT2D eigenvalue weighted by Crippen LogP contribution is -2.16. The number of primary amides is 1. The first-order valence-corrected chi connectivity index (χ1v) is 7.96.